The summed E-state index contributed by atoms with van der Waals surface area (Å²) in [5.41, 5.74) is 2.87. The Morgan fingerprint density at radius 1 is 1.21 bits per heavy atom. The minimum atomic E-state index is -2.63. The molecule has 3 aliphatic carbocycles. The summed E-state index contributed by atoms with van der Waals surface area (Å²) in [5.74, 6) is -7.98. The van der Waals surface area contributed by atoms with Crippen molar-refractivity contribution >= 4 is 34.8 Å². The highest BCUT2D eigenvalue weighted by Gasteiger charge is 2.65. The number of anilines is 1. The van der Waals surface area contributed by atoms with Gasteiger partial charge in [-0.15, -0.1) is 0 Å². The highest BCUT2D eigenvalue weighted by molar-refractivity contribution is 6.22. The van der Waals surface area contributed by atoms with Crippen LogP contribution < -0.4 is 16.4 Å². The number of aliphatic hydroxyl groups is 3. The number of primary amides is 1. The molecule has 3 aliphatic rings. The maximum atomic E-state index is 13.4. The molecule has 0 aromatic heterocycles. The first-order chi connectivity index (χ1) is 15.9. The van der Waals surface area contributed by atoms with Crippen molar-refractivity contribution in [3.8, 4) is 5.75 Å². The van der Waals surface area contributed by atoms with Crippen molar-refractivity contribution in [1.29, 1.82) is 0 Å². The second-order valence-electron chi connectivity index (χ2n) is 9.22. The molecule has 6 atom stereocenters. The van der Waals surface area contributed by atoms with Gasteiger partial charge in [-0.1, -0.05) is 6.07 Å². The van der Waals surface area contributed by atoms with E-state index in [1.165, 1.54) is 12.1 Å². The van der Waals surface area contributed by atoms with Crippen molar-refractivity contribution < 1.29 is 39.6 Å². The molecule has 6 unspecified atom stereocenters. The van der Waals surface area contributed by atoms with Gasteiger partial charge in [0.1, 0.15) is 11.5 Å². The van der Waals surface area contributed by atoms with E-state index in [0.29, 0.717) is 5.56 Å². The Hall–Kier alpha value is -3.28. The Labute approximate surface area is 194 Å². The Kier molecular flexibility index (Phi) is 5.75. The van der Waals surface area contributed by atoms with Crippen molar-refractivity contribution in [2.75, 3.05) is 12.4 Å². The molecule has 0 heterocycles. The lowest BCUT2D eigenvalue weighted by Crippen LogP contribution is -2.66. The van der Waals surface area contributed by atoms with E-state index in [1.54, 1.807) is 14.0 Å². The molecule has 34 heavy (non-hydrogen) atoms. The Morgan fingerprint density at radius 3 is 2.50 bits per heavy atom. The van der Waals surface area contributed by atoms with Crippen molar-refractivity contribution in [1.82, 2.24) is 5.32 Å². The van der Waals surface area contributed by atoms with Crippen LogP contribution in [0.4, 0.5) is 5.69 Å². The van der Waals surface area contributed by atoms with Crippen LogP contribution in [0.5, 0.6) is 5.75 Å². The number of aromatic hydroxyl groups is 1. The molecule has 0 aliphatic heterocycles. The average Bonchev–Trinajstić information content (AvgIpc) is 2.77. The Morgan fingerprint density at radius 2 is 1.88 bits per heavy atom. The summed E-state index contributed by atoms with van der Waals surface area (Å²) in [6.07, 6.45) is -1.80. The monoisotopic (exact) mass is 473 g/mol. The van der Waals surface area contributed by atoms with Gasteiger partial charge in [0.25, 0.3) is 0 Å². The maximum Gasteiger partial charge on any atom is 0.241 e. The predicted octanol–water partition coefficient (Wildman–Crippen LogP) is -0.865. The molecule has 0 saturated heterocycles. The number of carbonyl (C=O) groups is 4. The number of nitrogens with one attached hydrogen (secondary N) is 2. The van der Waals surface area contributed by atoms with Gasteiger partial charge in [-0.3, -0.25) is 19.2 Å². The van der Waals surface area contributed by atoms with E-state index in [9.17, 15) is 39.6 Å². The SMILES string of the molecule is CNC(C)C(=O)Nc1ccc2c(c1O)C(O)=C1C(=O)C3(O)C(=O)CC(O)CC3C(C(N)=O)C1C2. The van der Waals surface area contributed by atoms with Gasteiger partial charge in [0.15, 0.2) is 11.4 Å². The van der Waals surface area contributed by atoms with Gasteiger partial charge in [0.05, 0.1) is 29.3 Å². The smallest absolute Gasteiger partial charge is 0.241 e. The first-order valence-corrected chi connectivity index (χ1v) is 11.0. The number of fused-ring (bicyclic) bond motifs is 3. The topological polar surface area (TPSA) is 199 Å². The standard InChI is InChI=1S/C23H27N3O8/c1-8(25-2)22(33)26-13-4-3-9-5-11-16(21(24)32)12-6-10(27)7-14(28)23(12,34)20(31)17(11)19(30)15(9)18(13)29/h3-4,8,10-12,16,25,27,29-30,34H,5-7H2,1-2H3,(H2,24,32)(H,26,33). The number of ketones is 2. The zero-order valence-electron chi connectivity index (χ0n) is 18.7. The molecule has 8 N–H and O–H groups in total. The number of benzene rings is 1. The summed E-state index contributed by atoms with van der Waals surface area (Å²) in [4.78, 5) is 50.9. The number of carbonyl (C=O) groups excluding carboxylic acids is 4. The molecule has 1 aromatic rings. The number of Topliss-reactive ketones (excluding diaryl/α,β-unsaturated/α-hetero) is 2. The van der Waals surface area contributed by atoms with E-state index in [2.05, 4.69) is 10.6 Å². The molecule has 182 valence electrons. The van der Waals surface area contributed by atoms with E-state index >= 15 is 0 Å². The Balaban J connectivity index is 1.86. The normalized spacial score (nSPS) is 31.3. The first-order valence-electron chi connectivity index (χ1n) is 11.0. The van der Waals surface area contributed by atoms with Gasteiger partial charge in [-0.05, 0) is 38.4 Å². The third-order valence-corrected chi connectivity index (χ3v) is 7.35. The number of hydrogen-bond acceptors (Lipinski definition) is 9. The first kappa shape index (κ1) is 23.9. The number of hydrogen-bond donors (Lipinski definition) is 7. The highest BCUT2D eigenvalue weighted by atomic mass is 16.3. The second-order valence-corrected chi connectivity index (χ2v) is 9.22. The van der Waals surface area contributed by atoms with Crippen LogP contribution in [0.25, 0.3) is 5.76 Å². The molecule has 11 heteroatoms. The fourth-order valence-electron chi connectivity index (χ4n) is 5.48. The lowest BCUT2D eigenvalue weighted by Gasteiger charge is -2.50. The van der Waals surface area contributed by atoms with Crippen LogP contribution in [0.2, 0.25) is 0 Å². The summed E-state index contributed by atoms with van der Waals surface area (Å²) >= 11 is 0. The van der Waals surface area contributed by atoms with Crippen LogP contribution in [0.3, 0.4) is 0 Å². The van der Waals surface area contributed by atoms with Crippen LogP contribution in [0, 0.1) is 17.8 Å². The number of rotatable bonds is 4. The summed E-state index contributed by atoms with van der Waals surface area (Å²) in [6.45, 7) is 1.61. The van der Waals surface area contributed by atoms with Gasteiger partial charge < -0.3 is 36.8 Å². The molecule has 11 nitrogen and oxygen atoms in total. The highest BCUT2D eigenvalue weighted by Crippen LogP contribution is 2.53. The van der Waals surface area contributed by atoms with E-state index < -0.39 is 76.8 Å². The molecule has 0 radical (unpaired) electrons. The molecular formula is C23H27N3O8. The summed E-state index contributed by atoms with van der Waals surface area (Å²) in [6, 6.07) is 2.38. The molecule has 2 fully saturated rings. The van der Waals surface area contributed by atoms with E-state index in [-0.39, 0.29) is 29.7 Å². The van der Waals surface area contributed by atoms with E-state index in [4.69, 9.17) is 5.73 Å². The molecule has 2 saturated carbocycles. The molecular weight excluding hydrogens is 446 g/mol. The van der Waals surface area contributed by atoms with Gasteiger partial charge in [0.2, 0.25) is 17.6 Å². The zero-order chi connectivity index (χ0) is 25.1. The molecule has 0 spiro atoms. The van der Waals surface area contributed by atoms with Crippen molar-refractivity contribution in [3.05, 3.63) is 28.8 Å². The van der Waals surface area contributed by atoms with Crippen LogP contribution >= 0.6 is 0 Å². The molecule has 4 rings (SSSR count). The second kappa shape index (κ2) is 8.19. The largest absolute Gasteiger partial charge is 0.507 e. The van der Waals surface area contributed by atoms with Crippen LogP contribution in [0.15, 0.2) is 17.7 Å². The number of amides is 2. The predicted molar refractivity (Wildman–Crippen MR) is 118 cm³/mol. The van der Waals surface area contributed by atoms with Crippen molar-refractivity contribution in [2.24, 2.45) is 23.5 Å². The molecule has 0 bridgehead atoms. The van der Waals surface area contributed by atoms with Gasteiger partial charge in [-0.25, -0.2) is 0 Å². The number of nitrogens with two attached hydrogens (primary N) is 1. The molecule has 1 aromatic carbocycles. The number of phenols is 1. The summed E-state index contributed by atoms with van der Waals surface area (Å²) in [5, 5.41) is 48.5. The lowest BCUT2D eigenvalue weighted by molar-refractivity contribution is -0.173. The lowest BCUT2D eigenvalue weighted by atomic mass is 9.53. The van der Waals surface area contributed by atoms with Gasteiger partial charge in [-0.2, -0.15) is 0 Å². The van der Waals surface area contributed by atoms with Crippen LogP contribution in [0.1, 0.15) is 30.9 Å². The maximum absolute atomic E-state index is 13.4. The third-order valence-electron chi connectivity index (χ3n) is 7.35. The molecule has 2 amide bonds. The number of aliphatic hydroxyl groups excluding tert-OH is 2. The summed E-state index contributed by atoms with van der Waals surface area (Å²) < 4.78 is 0. The fraction of sp³-hybridized carbons (Fsp3) is 0.478. The fourth-order valence-corrected chi connectivity index (χ4v) is 5.48. The van der Waals surface area contributed by atoms with E-state index in [1.807, 2.05) is 0 Å². The third kappa shape index (κ3) is 3.30. The summed E-state index contributed by atoms with van der Waals surface area (Å²) in [7, 11) is 1.58. The Bertz CT molecular complexity index is 1150. The minimum Gasteiger partial charge on any atom is -0.507 e. The van der Waals surface area contributed by atoms with Crippen LogP contribution in [-0.4, -0.2) is 68.6 Å². The van der Waals surface area contributed by atoms with Gasteiger partial charge in [0, 0.05) is 23.8 Å². The quantitative estimate of drug-likeness (QED) is 0.215. The average molecular weight is 473 g/mol. The van der Waals surface area contributed by atoms with Gasteiger partial charge >= 0.3 is 0 Å². The number of phenolic OH excluding ortho intramolecular Hbond substituents is 1. The minimum absolute atomic E-state index is 0.000353. The van der Waals surface area contributed by atoms with Crippen molar-refractivity contribution in [3.63, 3.8) is 0 Å². The number of likely N-dealkylation sites (N-methyl/N-ethyl adjacent to an activating group) is 1. The van der Waals surface area contributed by atoms with Crippen molar-refractivity contribution in [2.45, 2.75) is 43.9 Å². The van der Waals surface area contributed by atoms with Crippen LogP contribution in [-0.2, 0) is 25.6 Å². The van der Waals surface area contributed by atoms with E-state index in [0.717, 1.165) is 0 Å². The zero-order valence-corrected chi connectivity index (χ0v) is 18.7.